The van der Waals surface area contributed by atoms with Gasteiger partial charge in [0.25, 0.3) is 0 Å². The van der Waals surface area contributed by atoms with E-state index in [0.717, 1.165) is 24.0 Å². The maximum Gasteiger partial charge on any atom is 0.341 e. The topological polar surface area (TPSA) is 35.5 Å². The van der Waals surface area contributed by atoms with Crippen molar-refractivity contribution in [3.63, 3.8) is 0 Å². The summed E-state index contributed by atoms with van der Waals surface area (Å²) in [6.45, 7) is 0. The average Bonchev–Trinajstić information content (AvgIpc) is 3.26. The zero-order chi connectivity index (χ0) is 15.2. The highest BCUT2D eigenvalue weighted by atomic mass is 19.3. The van der Waals surface area contributed by atoms with Crippen LogP contribution in [0, 0.1) is 0 Å². The Hall–Kier alpha value is -1.65. The Morgan fingerprint density at radius 3 is 2.24 bits per heavy atom. The maximum absolute atomic E-state index is 13.2. The minimum absolute atomic E-state index is 0.118. The van der Waals surface area contributed by atoms with Crippen molar-refractivity contribution < 1.29 is 23.0 Å². The van der Waals surface area contributed by atoms with Gasteiger partial charge < -0.3 is 9.47 Å². The van der Waals surface area contributed by atoms with Crippen LogP contribution in [0.2, 0.25) is 0 Å². The zero-order valence-corrected chi connectivity index (χ0v) is 12.1. The molecule has 2 fully saturated rings. The van der Waals surface area contributed by atoms with E-state index < -0.39 is 11.9 Å². The molecule has 0 bridgehead atoms. The number of alkyl halides is 2. The standard InChI is InChI=1S/C16H18F2O3/c1-20-14-6-12(10-7-16(17,18)8-10)11(9-3-4-9)5-13(14)15(19)21-2/h5-6,9-10H,3-4,7-8H2,1-2H3. The Labute approximate surface area is 122 Å². The van der Waals surface area contributed by atoms with Crippen molar-refractivity contribution in [1.29, 1.82) is 0 Å². The van der Waals surface area contributed by atoms with Gasteiger partial charge in [-0.1, -0.05) is 0 Å². The second kappa shape index (κ2) is 4.97. The number of hydrogen-bond donors (Lipinski definition) is 0. The lowest BCUT2D eigenvalue weighted by Gasteiger charge is -2.36. The molecule has 2 saturated carbocycles. The third-order valence-electron chi connectivity index (χ3n) is 4.36. The molecule has 0 saturated heterocycles. The first-order chi connectivity index (χ1) is 9.95. The summed E-state index contributed by atoms with van der Waals surface area (Å²) in [5.74, 6) is -2.38. The zero-order valence-electron chi connectivity index (χ0n) is 12.1. The molecule has 0 amide bonds. The summed E-state index contributed by atoms with van der Waals surface area (Å²) in [6, 6.07) is 3.52. The molecule has 0 radical (unpaired) electrons. The molecular formula is C16H18F2O3. The number of esters is 1. The lowest BCUT2D eigenvalue weighted by Crippen LogP contribution is -2.34. The van der Waals surface area contributed by atoms with E-state index in [2.05, 4.69) is 0 Å². The number of halogens is 2. The number of carbonyl (C=O) groups is 1. The minimum atomic E-state index is -2.56. The molecule has 114 valence electrons. The first-order valence-electron chi connectivity index (χ1n) is 7.13. The fraction of sp³-hybridized carbons (Fsp3) is 0.562. The van der Waals surface area contributed by atoms with Crippen molar-refractivity contribution in [2.75, 3.05) is 14.2 Å². The summed E-state index contributed by atoms with van der Waals surface area (Å²) in [7, 11) is 2.79. The largest absolute Gasteiger partial charge is 0.496 e. The van der Waals surface area contributed by atoms with E-state index in [1.165, 1.54) is 14.2 Å². The van der Waals surface area contributed by atoms with E-state index in [-0.39, 0.29) is 18.8 Å². The van der Waals surface area contributed by atoms with Crippen molar-refractivity contribution in [2.24, 2.45) is 0 Å². The van der Waals surface area contributed by atoms with Crippen LogP contribution >= 0.6 is 0 Å². The van der Waals surface area contributed by atoms with Crippen molar-refractivity contribution in [3.8, 4) is 5.75 Å². The van der Waals surface area contributed by atoms with Crippen LogP contribution in [0.1, 0.15) is 59.0 Å². The van der Waals surface area contributed by atoms with Gasteiger partial charge in [-0.3, -0.25) is 0 Å². The van der Waals surface area contributed by atoms with Gasteiger partial charge in [-0.25, -0.2) is 13.6 Å². The van der Waals surface area contributed by atoms with Crippen LogP contribution in [0.3, 0.4) is 0 Å². The molecule has 0 N–H and O–H groups in total. The summed E-state index contributed by atoms with van der Waals surface area (Å²) in [5.41, 5.74) is 2.29. The molecule has 5 heteroatoms. The van der Waals surface area contributed by atoms with Crippen molar-refractivity contribution in [1.82, 2.24) is 0 Å². The van der Waals surface area contributed by atoms with E-state index in [4.69, 9.17) is 9.47 Å². The van der Waals surface area contributed by atoms with E-state index in [1.54, 1.807) is 12.1 Å². The fourth-order valence-electron chi connectivity index (χ4n) is 3.03. The van der Waals surface area contributed by atoms with Gasteiger partial charge in [0.15, 0.2) is 0 Å². The van der Waals surface area contributed by atoms with Crippen LogP contribution in [-0.2, 0) is 4.74 Å². The number of methoxy groups -OCH3 is 2. The smallest absolute Gasteiger partial charge is 0.341 e. The van der Waals surface area contributed by atoms with Gasteiger partial charge in [0.1, 0.15) is 11.3 Å². The second-order valence-corrected chi connectivity index (χ2v) is 5.91. The van der Waals surface area contributed by atoms with Gasteiger partial charge in [-0.2, -0.15) is 0 Å². The van der Waals surface area contributed by atoms with Gasteiger partial charge in [-0.05, 0) is 47.9 Å². The third kappa shape index (κ3) is 2.61. The number of carbonyl (C=O) groups excluding carboxylic acids is 1. The van der Waals surface area contributed by atoms with Gasteiger partial charge in [0.05, 0.1) is 14.2 Å². The van der Waals surface area contributed by atoms with Crippen LogP contribution in [0.25, 0.3) is 0 Å². The number of rotatable bonds is 4. The second-order valence-electron chi connectivity index (χ2n) is 5.91. The van der Waals surface area contributed by atoms with Crippen LogP contribution < -0.4 is 4.74 Å². The number of hydrogen-bond acceptors (Lipinski definition) is 3. The summed E-state index contributed by atoms with van der Waals surface area (Å²) >= 11 is 0. The van der Waals surface area contributed by atoms with Gasteiger partial charge in [-0.15, -0.1) is 0 Å². The van der Waals surface area contributed by atoms with Gasteiger partial charge in [0, 0.05) is 12.8 Å². The monoisotopic (exact) mass is 296 g/mol. The van der Waals surface area contributed by atoms with Crippen molar-refractivity contribution in [2.45, 2.75) is 43.4 Å². The Morgan fingerprint density at radius 1 is 1.14 bits per heavy atom. The summed E-state index contributed by atoms with van der Waals surface area (Å²) < 4.78 is 36.3. The molecule has 1 aromatic rings. The molecule has 3 rings (SSSR count). The molecule has 2 aliphatic carbocycles. The Morgan fingerprint density at radius 2 is 1.76 bits per heavy atom. The van der Waals surface area contributed by atoms with E-state index >= 15 is 0 Å². The number of benzene rings is 1. The Kier molecular flexibility index (Phi) is 3.38. The first kappa shape index (κ1) is 14.3. The Bertz CT molecular complexity index is 571. The maximum atomic E-state index is 13.2. The fourth-order valence-corrected chi connectivity index (χ4v) is 3.03. The van der Waals surface area contributed by atoms with Crippen LogP contribution in [0.5, 0.6) is 5.75 Å². The van der Waals surface area contributed by atoms with Gasteiger partial charge in [0.2, 0.25) is 5.92 Å². The SMILES string of the molecule is COC(=O)c1cc(C2CC2)c(C2CC(F)(F)C2)cc1OC. The quantitative estimate of drug-likeness (QED) is 0.791. The predicted octanol–water partition coefficient (Wildman–Crippen LogP) is 3.87. The normalized spacial score (nSPS) is 20.8. The summed E-state index contributed by atoms with van der Waals surface area (Å²) in [4.78, 5) is 11.8. The molecule has 21 heavy (non-hydrogen) atoms. The number of ether oxygens (including phenoxy) is 2. The molecule has 0 unspecified atom stereocenters. The molecule has 3 nitrogen and oxygen atoms in total. The minimum Gasteiger partial charge on any atom is -0.496 e. The lowest BCUT2D eigenvalue weighted by atomic mass is 9.74. The molecular weight excluding hydrogens is 278 g/mol. The molecule has 0 heterocycles. The molecule has 2 aliphatic rings. The van der Waals surface area contributed by atoms with E-state index in [9.17, 15) is 13.6 Å². The third-order valence-corrected chi connectivity index (χ3v) is 4.36. The van der Waals surface area contributed by atoms with Crippen molar-refractivity contribution in [3.05, 3.63) is 28.8 Å². The summed E-state index contributed by atoms with van der Waals surface area (Å²) in [6.07, 6.45) is 1.85. The average molecular weight is 296 g/mol. The van der Waals surface area contributed by atoms with Crippen LogP contribution in [0.15, 0.2) is 12.1 Å². The Balaban J connectivity index is 2.01. The molecule has 0 aliphatic heterocycles. The highest BCUT2D eigenvalue weighted by Crippen LogP contribution is 2.53. The molecule has 0 spiro atoms. The molecule has 0 aromatic heterocycles. The highest BCUT2D eigenvalue weighted by molar-refractivity contribution is 5.93. The summed E-state index contributed by atoms with van der Waals surface area (Å²) in [5, 5.41) is 0. The molecule has 1 aromatic carbocycles. The van der Waals surface area contributed by atoms with Crippen molar-refractivity contribution >= 4 is 5.97 Å². The first-order valence-corrected chi connectivity index (χ1v) is 7.13. The van der Waals surface area contributed by atoms with Gasteiger partial charge >= 0.3 is 5.97 Å². The van der Waals surface area contributed by atoms with Crippen LogP contribution in [0.4, 0.5) is 8.78 Å². The lowest BCUT2D eigenvalue weighted by molar-refractivity contribution is -0.0869. The van der Waals surface area contributed by atoms with Crippen LogP contribution in [-0.4, -0.2) is 26.1 Å². The molecule has 0 atom stereocenters. The van der Waals surface area contributed by atoms with E-state index in [1.807, 2.05) is 0 Å². The highest BCUT2D eigenvalue weighted by Gasteiger charge is 2.47. The predicted molar refractivity (Wildman–Crippen MR) is 73.2 cm³/mol. The van der Waals surface area contributed by atoms with E-state index in [0.29, 0.717) is 17.2 Å².